The number of aromatic nitrogens is 5. The van der Waals surface area contributed by atoms with Crippen LogP contribution in [0, 0.1) is 0 Å². The van der Waals surface area contributed by atoms with E-state index < -0.39 is 0 Å². The number of hydrogen-bond acceptors (Lipinski definition) is 4. The Morgan fingerprint density at radius 3 is 2.71 bits per heavy atom. The van der Waals surface area contributed by atoms with E-state index in [0.717, 1.165) is 18.0 Å². The third-order valence-corrected chi connectivity index (χ3v) is 4.77. The Labute approximate surface area is 163 Å². The summed E-state index contributed by atoms with van der Waals surface area (Å²) in [5.74, 6) is 0.761. The smallest absolute Gasteiger partial charge is 0.255 e. The lowest BCUT2D eigenvalue weighted by Gasteiger charge is -2.17. The van der Waals surface area contributed by atoms with Crippen LogP contribution in [0.1, 0.15) is 28.7 Å². The minimum Gasteiger partial charge on any atom is -0.334 e. The maximum Gasteiger partial charge on any atom is 0.255 e. The van der Waals surface area contributed by atoms with Gasteiger partial charge in [-0.1, -0.05) is 30.3 Å². The van der Waals surface area contributed by atoms with Crippen LogP contribution in [0.2, 0.25) is 0 Å². The summed E-state index contributed by atoms with van der Waals surface area (Å²) in [6.07, 6.45) is 7.06. The summed E-state index contributed by atoms with van der Waals surface area (Å²) in [7, 11) is 1.77. The molecule has 0 radical (unpaired) electrons. The first kappa shape index (κ1) is 17.9. The summed E-state index contributed by atoms with van der Waals surface area (Å²) in [6, 6.07) is 12.0. The summed E-state index contributed by atoms with van der Waals surface area (Å²) in [5.41, 5.74) is 3.18. The Bertz CT molecular complexity index is 1100. The molecule has 142 valence electrons. The summed E-state index contributed by atoms with van der Waals surface area (Å²) >= 11 is 0. The molecule has 0 unspecified atom stereocenters. The van der Waals surface area contributed by atoms with Crippen molar-refractivity contribution in [1.82, 2.24) is 29.0 Å². The molecule has 0 aliphatic heterocycles. The van der Waals surface area contributed by atoms with Crippen LogP contribution in [0.5, 0.6) is 0 Å². The van der Waals surface area contributed by atoms with Gasteiger partial charge in [-0.15, -0.1) is 0 Å². The minimum atomic E-state index is -0.0994. The summed E-state index contributed by atoms with van der Waals surface area (Å²) in [5, 5.41) is 0. The van der Waals surface area contributed by atoms with Crippen molar-refractivity contribution in [3.8, 4) is 0 Å². The van der Waals surface area contributed by atoms with Crippen LogP contribution in [0.4, 0.5) is 0 Å². The van der Waals surface area contributed by atoms with Gasteiger partial charge in [0.2, 0.25) is 0 Å². The molecule has 0 N–H and O–H groups in total. The van der Waals surface area contributed by atoms with Gasteiger partial charge in [0, 0.05) is 32.2 Å². The van der Waals surface area contributed by atoms with Gasteiger partial charge in [-0.25, -0.2) is 15.0 Å². The number of nitrogens with zero attached hydrogens (tertiary/aromatic N) is 6. The molecule has 0 aliphatic rings. The van der Waals surface area contributed by atoms with Gasteiger partial charge in [-0.3, -0.25) is 4.79 Å². The molecule has 4 aromatic rings. The zero-order valence-electron chi connectivity index (χ0n) is 16.0. The summed E-state index contributed by atoms with van der Waals surface area (Å²) in [4.78, 5) is 27.7. The monoisotopic (exact) mass is 374 g/mol. The fourth-order valence-corrected chi connectivity index (χ4v) is 3.25. The topological polar surface area (TPSA) is 68.8 Å². The summed E-state index contributed by atoms with van der Waals surface area (Å²) < 4.78 is 4.01. The highest BCUT2D eigenvalue weighted by Gasteiger charge is 2.16. The van der Waals surface area contributed by atoms with Crippen molar-refractivity contribution in [2.45, 2.75) is 26.6 Å². The number of pyridine rings is 1. The number of carbonyl (C=O) groups excluding carboxylic acids is 1. The molecule has 0 spiro atoms. The average molecular weight is 374 g/mol. The Morgan fingerprint density at radius 1 is 1.11 bits per heavy atom. The van der Waals surface area contributed by atoms with Crippen molar-refractivity contribution in [2.75, 3.05) is 7.05 Å². The highest BCUT2D eigenvalue weighted by molar-refractivity contribution is 5.96. The van der Waals surface area contributed by atoms with E-state index in [1.54, 1.807) is 36.7 Å². The van der Waals surface area contributed by atoms with Crippen molar-refractivity contribution >= 4 is 17.1 Å². The Morgan fingerprint density at radius 2 is 1.93 bits per heavy atom. The lowest BCUT2D eigenvalue weighted by atomic mass is 10.2. The van der Waals surface area contributed by atoms with Crippen molar-refractivity contribution in [2.24, 2.45) is 0 Å². The van der Waals surface area contributed by atoms with Crippen LogP contribution in [0.25, 0.3) is 11.2 Å². The zero-order chi connectivity index (χ0) is 19.5. The van der Waals surface area contributed by atoms with E-state index in [-0.39, 0.29) is 5.91 Å². The first-order chi connectivity index (χ1) is 13.7. The molecule has 0 atom stereocenters. The number of fused-ring (bicyclic) bond motifs is 1. The number of carbonyl (C=O) groups is 1. The van der Waals surface area contributed by atoms with E-state index in [1.807, 2.05) is 33.5 Å². The van der Waals surface area contributed by atoms with Crippen LogP contribution in [-0.4, -0.2) is 41.9 Å². The molecule has 3 heterocycles. The predicted octanol–water partition coefficient (Wildman–Crippen LogP) is 2.97. The van der Waals surface area contributed by atoms with Gasteiger partial charge in [0.1, 0.15) is 11.3 Å². The summed E-state index contributed by atoms with van der Waals surface area (Å²) in [6.45, 7) is 4.01. The standard InChI is InChI=1S/C21H22N6O/c1-3-26-10-9-22-19(26)14-25(2)21(28)17-11-18-20(23-12-17)27(15-24-18)13-16-7-5-4-6-8-16/h4-12,15H,3,13-14H2,1-2H3. The van der Waals surface area contributed by atoms with Crippen molar-refractivity contribution in [3.05, 3.63) is 78.3 Å². The maximum absolute atomic E-state index is 12.8. The van der Waals surface area contributed by atoms with Crippen LogP contribution >= 0.6 is 0 Å². The molecule has 4 rings (SSSR count). The highest BCUT2D eigenvalue weighted by Crippen LogP contribution is 2.15. The number of rotatable bonds is 6. The lowest BCUT2D eigenvalue weighted by molar-refractivity contribution is 0.0780. The third-order valence-electron chi connectivity index (χ3n) is 4.77. The second kappa shape index (κ2) is 7.64. The van der Waals surface area contributed by atoms with E-state index in [2.05, 4.69) is 34.0 Å². The molecular weight excluding hydrogens is 352 g/mol. The van der Waals surface area contributed by atoms with E-state index in [0.29, 0.717) is 24.2 Å². The lowest BCUT2D eigenvalue weighted by Crippen LogP contribution is -2.27. The van der Waals surface area contributed by atoms with Crippen LogP contribution in [0.15, 0.2) is 61.3 Å². The molecule has 3 aromatic heterocycles. The Kier molecular flexibility index (Phi) is 4.89. The maximum atomic E-state index is 12.8. The van der Waals surface area contributed by atoms with Crippen LogP contribution in [-0.2, 0) is 19.6 Å². The predicted molar refractivity (Wildman–Crippen MR) is 107 cm³/mol. The Hall–Kier alpha value is -3.48. The van der Waals surface area contributed by atoms with Gasteiger partial charge >= 0.3 is 0 Å². The number of amides is 1. The SMILES string of the molecule is CCn1ccnc1CN(C)C(=O)c1cnc2c(c1)ncn2Cc1ccccc1. The number of imidazole rings is 2. The molecule has 28 heavy (non-hydrogen) atoms. The zero-order valence-corrected chi connectivity index (χ0v) is 16.0. The molecule has 0 saturated heterocycles. The van der Waals surface area contributed by atoms with E-state index >= 15 is 0 Å². The highest BCUT2D eigenvalue weighted by atomic mass is 16.2. The third kappa shape index (κ3) is 3.51. The average Bonchev–Trinajstić information content (AvgIpc) is 3.34. The quantitative estimate of drug-likeness (QED) is 0.520. The molecule has 0 saturated carbocycles. The second-order valence-corrected chi connectivity index (χ2v) is 6.72. The fraction of sp³-hybridized carbons (Fsp3) is 0.238. The van der Waals surface area contributed by atoms with E-state index in [1.165, 1.54) is 5.56 Å². The number of aryl methyl sites for hydroxylation is 1. The van der Waals surface area contributed by atoms with E-state index in [9.17, 15) is 4.79 Å². The van der Waals surface area contributed by atoms with Gasteiger partial charge in [0.15, 0.2) is 5.65 Å². The van der Waals surface area contributed by atoms with E-state index in [4.69, 9.17) is 0 Å². The van der Waals surface area contributed by atoms with Crippen LogP contribution in [0.3, 0.4) is 0 Å². The molecule has 7 heteroatoms. The van der Waals surface area contributed by atoms with Gasteiger partial charge < -0.3 is 14.0 Å². The number of benzene rings is 1. The largest absolute Gasteiger partial charge is 0.334 e. The second-order valence-electron chi connectivity index (χ2n) is 6.72. The van der Waals surface area contributed by atoms with Gasteiger partial charge in [0.05, 0.1) is 25.0 Å². The normalized spacial score (nSPS) is 11.1. The fourth-order valence-electron chi connectivity index (χ4n) is 3.25. The molecule has 7 nitrogen and oxygen atoms in total. The van der Waals surface area contributed by atoms with Gasteiger partial charge in [-0.05, 0) is 18.6 Å². The molecular formula is C21H22N6O. The van der Waals surface area contributed by atoms with Crippen molar-refractivity contribution < 1.29 is 4.79 Å². The first-order valence-corrected chi connectivity index (χ1v) is 9.26. The van der Waals surface area contributed by atoms with Gasteiger partial charge in [-0.2, -0.15) is 0 Å². The molecule has 0 fully saturated rings. The van der Waals surface area contributed by atoms with Crippen LogP contribution < -0.4 is 0 Å². The Balaban J connectivity index is 1.53. The minimum absolute atomic E-state index is 0.0994. The van der Waals surface area contributed by atoms with Crippen molar-refractivity contribution in [3.63, 3.8) is 0 Å². The molecule has 1 aromatic carbocycles. The molecule has 1 amide bonds. The van der Waals surface area contributed by atoms with Gasteiger partial charge in [0.25, 0.3) is 5.91 Å². The molecule has 0 bridgehead atoms. The molecule has 0 aliphatic carbocycles. The van der Waals surface area contributed by atoms with Crippen molar-refractivity contribution in [1.29, 1.82) is 0 Å². The number of hydrogen-bond donors (Lipinski definition) is 0. The first-order valence-electron chi connectivity index (χ1n) is 9.26.